The van der Waals surface area contributed by atoms with E-state index < -0.39 is 17.9 Å². The van der Waals surface area contributed by atoms with Gasteiger partial charge in [-0.2, -0.15) is 0 Å². The van der Waals surface area contributed by atoms with Crippen molar-refractivity contribution >= 4 is 11.7 Å². The molecule has 0 bridgehead atoms. The first-order valence-electron chi connectivity index (χ1n) is 10.9. The smallest absolute Gasteiger partial charge is 0.257 e. The van der Waals surface area contributed by atoms with Gasteiger partial charge in [0.05, 0.1) is 12.0 Å². The summed E-state index contributed by atoms with van der Waals surface area (Å²) in [7, 11) is 0. The monoisotopic (exact) mass is 452 g/mol. The number of nitrogens with one attached hydrogen (secondary N) is 2. The number of anilines is 1. The van der Waals surface area contributed by atoms with Crippen molar-refractivity contribution in [2.24, 2.45) is 0 Å². The fourth-order valence-electron chi connectivity index (χ4n) is 4.10. The lowest BCUT2D eigenvalue weighted by molar-refractivity contribution is -0.125. The molecule has 3 heterocycles. The van der Waals surface area contributed by atoms with Crippen molar-refractivity contribution < 1.29 is 13.6 Å². The minimum atomic E-state index is -2.92. The van der Waals surface area contributed by atoms with E-state index in [0.717, 1.165) is 12.0 Å². The maximum absolute atomic E-state index is 14.6. The molecule has 0 unspecified atom stereocenters. The third-order valence-electron chi connectivity index (χ3n) is 6.12. The van der Waals surface area contributed by atoms with E-state index in [0.29, 0.717) is 11.4 Å². The van der Waals surface area contributed by atoms with Gasteiger partial charge in [-0.3, -0.25) is 14.5 Å². The summed E-state index contributed by atoms with van der Waals surface area (Å²) in [6, 6.07) is 15.7. The highest BCUT2D eigenvalue weighted by atomic mass is 19.3. The average Bonchev–Trinajstić information content (AvgIpc) is 2.81. The van der Waals surface area contributed by atoms with Gasteiger partial charge in [-0.05, 0) is 36.1 Å². The van der Waals surface area contributed by atoms with Crippen LogP contribution in [0.4, 0.5) is 14.6 Å². The number of pyridine rings is 2. The number of alkyl halides is 2. The molecule has 1 aromatic carbocycles. The molecule has 172 valence electrons. The lowest BCUT2D eigenvalue weighted by atomic mass is 9.87. The third-order valence-corrected chi connectivity index (χ3v) is 6.12. The molecule has 0 aliphatic carbocycles. The zero-order valence-corrected chi connectivity index (χ0v) is 18.3. The first kappa shape index (κ1) is 22.8. The number of carbonyl (C=O) groups is 1. The highest BCUT2D eigenvalue weighted by Crippen LogP contribution is 2.40. The van der Waals surface area contributed by atoms with Gasteiger partial charge < -0.3 is 10.3 Å². The zero-order valence-electron chi connectivity index (χ0n) is 18.3. The van der Waals surface area contributed by atoms with Crippen LogP contribution in [0, 0.1) is 0 Å². The SMILES string of the molecule is C[C@@H](C(=O)Nc1ccc(Cc2ccccc2)cn1)N1CCC(F)(F)[C@@H](c2ccc(=O)[nH]c2)C1. The minimum absolute atomic E-state index is 0.0110. The van der Waals surface area contributed by atoms with Gasteiger partial charge in [-0.1, -0.05) is 42.5 Å². The summed E-state index contributed by atoms with van der Waals surface area (Å²) < 4.78 is 29.2. The standard InChI is InChI=1S/C25H26F2N4O2/c1-17(31-12-11-25(26,27)21(16-31)20-8-10-23(32)29-15-20)24(33)30-22-9-7-19(14-28-22)13-18-5-3-2-4-6-18/h2-10,14-15,17,21H,11-13,16H2,1H3,(H,29,32)(H,28,30,33)/t17-,21+/m0/s1. The number of nitrogens with zero attached hydrogens (tertiary/aromatic N) is 2. The molecular formula is C25H26F2N4O2. The molecule has 6 nitrogen and oxygen atoms in total. The number of aromatic amines is 1. The second-order valence-corrected chi connectivity index (χ2v) is 8.42. The van der Waals surface area contributed by atoms with E-state index in [9.17, 15) is 18.4 Å². The Balaban J connectivity index is 1.39. The zero-order chi connectivity index (χ0) is 23.4. The second-order valence-electron chi connectivity index (χ2n) is 8.42. The summed E-state index contributed by atoms with van der Waals surface area (Å²) in [6.45, 7) is 1.81. The molecule has 1 aliphatic rings. The number of likely N-dealkylation sites (tertiary alicyclic amines) is 1. The molecule has 4 rings (SSSR count). The van der Waals surface area contributed by atoms with Gasteiger partial charge in [0.2, 0.25) is 11.5 Å². The molecule has 2 atom stereocenters. The lowest BCUT2D eigenvalue weighted by Crippen LogP contribution is -2.52. The molecule has 33 heavy (non-hydrogen) atoms. The number of carbonyl (C=O) groups excluding carboxylic acids is 1. The third kappa shape index (κ3) is 5.51. The summed E-state index contributed by atoms with van der Waals surface area (Å²) in [5.41, 5.74) is 2.20. The van der Waals surface area contributed by atoms with Crippen LogP contribution in [0.15, 0.2) is 71.8 Å². The Kier molecular flexibility index (Phi) is 6.65. The van der Waals surface area contributed by atoms with Crippen LogP contribution in [-0.4, -0.2) is 45.8 Å². The molecular weight excluding hydrogens is 426 g/mol. The van der Waals surface area contributed by atoms with E-state index in [4.69, 9.17) is 0 Å². The number of piperidine rings is 1. The van der Waals surface area contributed by atoms with Gasteiger partial charge in [-0.25, -0.2) is 13.8 Å². The minimum Gasteiger partial charge on any atom is -0.329 e. The summed E-state index contributed by atoms with van der Waals surface area (Å²) >= 11 is 0. The normalized spacial score (nSPS) is 19.1. The van der Waals surface area contributed by atoms with Crippen LogP contribution < -0.4 is 10.9 Å². The molecule has 3 aromatic rings. The van der Waals surface area contributed by atoms with E-state index >= 15 is 0 Å². The van der Waals surface area contributed by atoms with Crippen molar-refractivity contribution in [1.29, 1.82) is 0 Å². The molecule has 2 N–H and O–H groups in total. The molecule has 2 aromatic heterocycles. The van der Waals surface area contributed by atoms with Crippen molar-refractivity contribution in [3.8, 4) is 0 Å². The van der Waals surface area contributed by atoms with E-state index in [1.165, 1.54) is 23.9 Å². The Bertz CT molecular complexity index is 1130. The summed E-state index contributed by atoms with van der Waals surface area (Å²) in [5, 5.41) is 2.79. The maximum atomic E-state index is 14.6. The Morgan fingerprint density at radius 1 is 1.18 bits per heavy atom. The van der Waals surface area contributed by atoms with Crippen LogP contribution in [-0.2, 0) is 11.2 Å². The van der Waals surface area contributed by atoms with E-state index in [1.807, 2.05) is 36.4 Å². The molecule has 1 amide bonds. The molecule has 0 spiro atoms. The Hall–Kier alpha value is -3.39. The van der Waals surface area contributed by atoms with Gasteiger partial charge in [0.25, 0.3) is 5.92 Å². The number of benzene rings is 1. The Morgan fingerprint density at radius 3 is 2.64 bits per heavy atom. The first-order chi connectivity index (χ1) is 15.8. The number of halogens is 2. The predicted octanol–water partition coefficient (Wildman–Crippen LogP) is 3.81. The van der Waals surface area contributed by atoms with Gasteiger partial charge in [0, 0.05) is 38.0 Å². The number of amides is 1. The Morgan fingerprint density at radius 2 is 1.97 bits per heavy atom. The maximum Gasteiger partial charge on any atom is 0.257 e. The number of rotatable bonds is 6. The van der Waals surface area contributed by atoms with Crippen molar-refractivity contribution in [2.75, 3.05) is 18.4 Å². The Labute approximate surface area is 190 Å². The highest BCUT2D eigenvalue weighted by Gasteiger charge is 2.46. The lowest BCUT2D eigenvalue weighted by Gasteiger charge is -2.40. The first-order valence-corrected chi connectivity index (χ1v) is 10.9. The average molecular weight is 453 g/mol. The molecule has 1 fully saturated rings. The van der Waals surface area contributed by atoms with E-state index in [-0.39, 0.29) is 31.0 Å². The van der Waals surface area contributed by atoms with Crippen molar-refractivity contribution in [3.63, 3.8) is 0 Å². The number of hydrogen-bond acceptors (Lipinski definition) is 4. The summed E-state index contributed by atoms with van der Waals surface area (Å²) in [6.07, 6.45) is 3.43. The fraction of sp³-hybridized carbons (Fsp3) is 0.320. The highest BCUT2D eigenvalue weighted by molar-refractivity contribution is 5.93. The predicted molar refractivity (Wildman–Crippen MR) is 123 cm³/mol. The molecule has 8 heteroatoms. The van der Waals surface area contributed by atoms with E-state index in [2.05, 4.69) is 15.3 Å². The van der Waals surface area contributed by atoms with Gasteiger partial charge in [-0.15, -0.1) is 0 Å². The van der Waals surface area contributed by atoms with Crippen molar-refractivity contribution in [2.45, 2.75) is 37.6 Å². The van der Waals surface area contributed by atoms with Gasteiger partial charge in [0.1, 0.15) is 5.82 Å². The van der Waals surface area contributed by atoms with Crippen molar-refractivity contribution in [1.82, 2.24) is 14.9 Å². The summed E-state index contributed by atoms with van der Waals surface area (Å²) in [5.74, 6) is -3.90. The van der Waals surface area contributed by atoms with Crippen LogP contribution >= 0.6 is 0 Å². The van der Waals surface area contributed by atoms with Gasteiger partial charge >= 0.3 is 0 Å². The van der Waals surface area contributed by atoms with Gasteiger partial charge in [0.15, 0.2) is 0 Å². The second kappa shape index (κ2) is 9.62. The molecule has 0 radical (unpaired) electrons. The quantitative estimate of drug-likeness (QED) is 0.596. The molecule has 1 saturated heterocycles. The van der Waals surface area contributed by atoms with Crippen LogP contribution in [0.3, 0.4) is 0 Å². The van der Waals surface area contributed by atoms with Crippen LogP contribution in [0.5, 0.6) is 0 Å². The number of hydrogen-bond donors (Lipinski definition) is 2. The summed E-state index contributed by atoms with van der Waals surface area (Å²) in [4.78, 5) is 32.6. The van der Waals surface area contributed by atoms with Crippen LogP contribution in [0.25, 0.3) is 0 Å². The number of aromatic nitrogens is 2. The number of H-pyrrole nitrogens is 1. The molecule has 0 saturated carbocycles. The fourth-order valence-corrected chi connectivity index (χ4v) is 4.10. The van der Waals surface area contributed by atoms with Crippen LogP contribution in [0.1, 0.15) is 36.0 Å². The largest absolute Gasteiger partial charge is 0.329 e. The topological polar surface area (TPSA) is 78.1 Å². The van der Waals surface area contributed by atoms with Crippen LogP contribution in [0.2, 0.25) is 0 Å². The van der Waals surface area contributed by atoms with Crippen molar-refractivity contribution in [3.05, 3.63) is 94.0 Å². The molecule has 1 aliphatic heterocycles. The van der Waals surface area contributed by atoms with E-state index in [1.54, 1.807) is 24.1 Å².